The van der Waals surface area contributed by atoms with E-state index in [9.17, 15) is 9.59 Å². The minimum absolute atomic E-state index is 0.0603. The molecule has 0 aliphatic heterocycles. The molecule has 0 saturated carbocycles. The molecule has 4 nitrogen and oxygen atoms in total. The molecule has 0 aromatic heterocycles. The fraction of sp³-hybridized carbons (Fsp3) is 0.938. The van der Waals surface area contributed by atoms with Gasteiger partial charge in [-0.15, -0.1) is 0 Å². The third-order valence-electron chi connectivity index (χ3n) is 7.25. The van der Waals surface area contributed by atoms with Gasteiger partial charge in [-0.3, -0.25) is 0 Å². The van der Waals surface area contributed by atoms with E-state index in [1.165, 1.54) is 98.8 Å². The van der Waals surface area contributed by atoms with Crippen molar-refractivity contribution in [3.05, 3.63) is 0 Å². The molecule has 0 fully saturated rings. The second-order valence-corrected chi connectivity index (χ2v) is 37.5. The summed E-state index contributed by atoms with van der Waals surface area (Å²) in [7, 11) is 3.82. The molecule has 0 heterocycles. The van der Waals surface area contributed by atoms with Gasteiger partial charge < -0.3 is 0 Å². The van der Waals surface area contributed by atoms with E-state index in [0.717, 1.165) is 38.5 Å². The van der Waals surface area contributed by atoms with Crippen LogP contribution < -0.4 is 0 Å². The molecule has 0 atom stereocenters. The number of unbranched alkanes of at least 4 members (excludes halogenated alkanes) is 16. The molecular weight excluding hydrogens is 631 g/mol. The zero-order chi connectivity index (χ0) is 28.9. The van der Waals surface area contributed by atoms with Gasteiger partial charge in [0.1, 0.15) is 0 Å². The van der Waals surface area contributed by atoms with Gasteiger partial charge in [-0.1, -0.05) is 26.7 Å². The Morgan fingerprint density at radius 2 is 0.769 bits per heavy atom. The van der Waals surface area contributed by atoms with E-state index < -0.39 is 15.6 Å². The Morgan fingerprint density at radius 1 is 0.462 bits per heavy atom. The maximum absolute atomic E-state index is 12.6. The molecule has 0 amide bonds. The van der Waals surface area contributed by atoms with Crippen LogP contribution in [0.3, 0.4) is 0 Å². The summed E-state index contributed by atoms with van der Waals surface area (Å²) in [6.07, 6.45) is 24.7. The zero-order valence-corrected chi connectivity index (χ0v) is 30.8. The summed E-state index contributed by atoms with van der Waals surface area (Å²) in [5.41, 5.74) is 0. The minimum atomic E-state index is -2.79. The SMILES string of the molecule is CCCCCCCCCCOC(=O)C[S][Sn]([CH2]CCC)([CH2]CCC)[S]CC(=O)OCCCCCCCCCC. The fourth-order valence-electron chi connectivity index (χ4n) is 4.66. The van der Waals surface area contributed by atoms with Crippen LogP contribution in [0.4, 0.5) is 0 Å². The van der Waals surface area contributed by atoms with Gasteiger partial charge in [0, 0.05) is 0 Å². The van der Waals surface area contributed by atoms with E-state index >= 15 is 0 Å². The van der Waals surface area contributed by atoms with Crippen LogP contribution in [-0.2, 0) is 19.1 Å². The molecular formula is C32H64O4S2Sn. The molecule has 0 spiro atoms. The molecule has 7 heteroatoms. The Kier molecular flexibility index (Phi) is 30.3. The van der Waals surface area contributed by atoms with E-state index in [1.54, 1.807) is 0 Å². The molecule has 0 aromatic rings. The van der Waals surface area contributed by atoms with Crippen molar-refractivity contribution in [3.8, 4) is 0 Å². The van der Waals surface area contributed by atoms with Gasteiger partial charge in [-0.25, -0.2) is 0 Å². The van der Waals surface area contributed by atoms with Crippen molar-refractivity contribution in [2.24, 2.45) is 0 Å². The number of carbonyl (C=O) groups excluding carboxylic acids is 2. The van der Waals surface area contributed by atoms with Gasteiger partial charge in [0.2, 0.25) is 0 Å². The van der Waals surface area contributed by atoms with Crippen LogP contribution in [0.15, 0.2) is 0 Å². The topological polar surface area (TPSA) is 52.6 Å². The van der Waals surface area contributed by atoms with Gasteiger partial charge in [0.25, 0.3) is 0 Å². The van der Waals surface area contributed by atoms with Crippen LogP contribution in [0, 0.1) is 0 Å². The summed E-state index contributed by atoms with van der Waals surface area (Å²) in [6, 6.07) is 0. The normalized spacial score (nSPS) is 11.6. The van der Waals surface area contributed by atoms with Crippen molar-refractivity contribution in [1.29, 1.82) is 0 Å². The monoisotopic (exact) mass is 696 g/mol. The number of esters is 2. The number of carbonyl (C=O) groups is 2. The first-order valence-electron chi connectivity index (χ1n) is 16.6. The smallest absolute Gasteiger partial charge is 0.0654 e. The van der Waals surface area contributed by atoms with Gasteiger partial charge in [0.05, 0.1) is 0 Å². The first kappa shape index (κ1) is 39.4. The van der Waals surface area contributed by atoms with Crippen LogP contribution in [0.1, 0.15) is 156 Å². The minimum Gasteiger partial charge on any atom is -0.0654 e. The molecule has 0 radical (unpaired) electrons. The third-order valence-corrected chi connectivity index (χ3v) is 37.1. The quantitative estimate of drug-likeness (QED) is 0.0424. The summed E-state index contributed by atoms with van der Waals surface area (Å²) in [6.45, 7) is 10.1. The number of hydrogen-bond acceptors (Lipinski definition) is 6. The Balaban J connectivity index is 4.40. The average molecular weight is 696 g/mol. The summed E-state index contributed by atoms with van der Waals surface area (Å²) in [5, 5.41) is 0. The van der Waals surface area contributed by atoms with Gasteiger partial charge in [-0.2, -0.15) is 0 Å². The van der Waals surface area contributed by atoms with E-state index in [0.29, 0.717) is 24.7 Å². The van der Waals surface area contributed by atoms with Crippen LogP contribution in [0.5, 0.6) is 0 Å². The van der Waals surface area contributed by atoms with E-state index in [4.69, 9.17) is 9.47 Å². The Labute approximate surface area is 252 Å². The van der Waals surface area contributed by atoms with Crippen molar-refractivity contribution >= 4 is 45.4 Å². The van der Waals surface area contributed by atoms with Crippen LogP contribution in [0.2, 0.25) is 8.87 Å². The third kappa shape index (κ3) is 25.8. The van der Waals surface area contributed by atoms with E-state index in [1.807, 2.05) is 17.9 Å². The maximum atomic E-state index is 12.6. The van der Waals surface area contributed by atoms with Gasteiger partial charge in [-0.05, 0) is 0 Å². The Bertz CT molecular complexity index is 514. The standard InChI is InChI=1S/2C12H24O2S.2C4H9.Sn/c2*1-2-3-4-5-6-7-8-9-10-14-12(13)11-15;2*1-3-4-2;/h2*15H,2-11H2,1H3;2*1,3-4H2,2H3;/q;;;;+2/p-2. The average Bonchev–Trinajstić information content (AvgIpc) is 2.94. The number of rotatable bonds is 30. The molecule has 0 bridgehead atoms. The van der Waals surface area contributed by atoms with Gasteiger partial charge in [0.15, 0.2) is 0 Å². The molecule has 0 saturated heterocycles. The molecule has 0 N–H and O–H groups in total. The fourth-order valence-corrected chi connectivity index (χ4v) is 32.2. The van der Waals surface area contributed by atoms with Crippen molar-refractivity contribution in [3.63, 3.8) is 0 Å². The summed E-state index contributed by atoms with van der Waals surface area (Å²) in [5.74, 6) is 0.798. The molecule has 0 unspecified atom stereocenters. The van der Waals surface area contributed by atoms with Crippen molar-refractivity contribution < 1.29 is 19.1 Å². The Hall–Kier alpha value is 0.439. The molecule has 232 valence electrons. The first-order valence-corrected chi connectivity index (χ1v) is 29.6. The van der Waals surface area contributed by atoms with Gasteiger partial charge >= 0.3 is 228 Å². The second-order valence-electron chi connectivity index (χ2n) is 11.1. The van der Waals surface area contributed by atoms with Crippen molar-refractivity contribution in [2.75, 3.05) is 24.7 Å². The molecule has 0 rings (SSSR count). The first-order chi connectivity index (χ1) is 19.0. The summed E-state index contributed by atoms with van der Waals surface area (Å²) >= 11 is -2.79. The molecule has 0 aliphatic rings. The second kappa shape index (κ2) is 29.9. The number of ether oxygens (including phenoxy) is 2. The molecule has 39 heavy (non-hydrogen) atoms. The summed E-state index contributed by atoms with van der Waals surface area (Å²) in [4.78, 5) is 25.1. The predicted molar refractivity (Wildman–Crippen MR) is 177 cm³/mol. The Morgan fingerprint density at radius 3 is 1.10 bits per heavy atom. The summed E-state index contributed by atoms with van der Waals surface area (Å²) < 4.78 is 13.6. The van der Waals surface area contributed by atoms with E-state index in [2.05, 4.69) is 27.7 Å². The van der Waals surface area contributed by atoms with Crippen molar-refractivity contribution in [2.45, 2.75) is 165 Å². The van der Waals surface area contributed by atoms with Crippen LogP contribution in [0.25, 0.3) is 0 Å². The van der Waals surface area contributed by atoms with Crippen LogP contribution >= 0.6 is 17.9 Å². The predicted octanol–water partition coefficient (Wildman–Crippen LogP) is 10.9. The number of hydrogen-bond donors (Lipinski definition) is 0. The van der Waals surface area contributed by atoms with E-state index in [-0.39, 0.29) is 11.9 Å². The molecule has 0 aromatic carbocycles. The van der Waals surface area contributed by atoms with Crippen molar-refractivity contribution in [1.82, 2.24) is 0 Å². The molecule has 0 aliphatic carbocycles. The van der Waals surface area contributed by atoms with Crippen LogP contribution in [-0.4, -0.2) is 52.3 Å². The zero-order valence-electron chi connectivity index (χ0n) is 26.3.